The Morgan fingerprint density at radius 3 is 2.36 bits per heavy atom. The van der Waals surface area contributed by atoms with Gasteiger partial charge in [-0.05, 0) is 99.3 Å². The lowest BCUT2D eigenvalue weighted by Crippen LogP contribution is -2.65. The molecule has 6 aliphatic rings. The van der Waals surface area contributed by atoms with Crippen molar-refractivity contribution in [3.05, 3.63) is 54.3 Å². The summed E-state index contributed by atoms with van der Waals surface area (Å²) in [5.41, 5.74) is 1.78. The monoisotopic (exact) mass is 572 g/mol. The zero-order valence-electron chi connectivity index (χ0n) is 25.0. The summed E-state index contributed by atoms with van der Waals surface area (Å²) in [5.74, 6) is 2.52. The second kappa shape index (κ2) is 9.88. The molecule has 4 bridgehead atoms. The smallest absolute Gasteiger partial charge is 0.229 e. The largest absolute Gasteiger partial charge is 0.478 e. The predicted octanol–water partition coefficient (Wildman–Crippen LogP) is 7.56. The Morgan fingerprint density at radius 1 is 1.02 bits per heavy atom. The summed E-state index contributed by atoms with van der Waals surface area (Å²) in [5, 5.41) is 4.41. The summed E-state index contributed by atoms with van der Waals surface area (Å²) in [4.78, 5) is 25.4. The Labute approximate surface area is 247 Å². The first kappa shape index (κ1) is 27.5. The van der Waals surface area contributed by atoms with Crippen LogP contribution in [-0.2, 0) is 10.2 Å². The highest BCUT2D eigenvalue weighted by Gasteiger charge is 2.69. The molecule has 42 heavy (non-hydrogen) atoms. The van der Waals surface area contributed by atoms with Crippen molar-refractivity contribution >= 4 is 11.6 Å². The number of alkyl halides is 1. The number of pyridine rings is 1. The van der Waals surface area contributed by atoms with Gasteiger partial charge in [-0.2, -0.15) is 4.98 Å². The number of amides is 1. The molecule has 9 rings (SSSR count). The normalized spacial score (nSPS) is 31.0. The molecule has 6 aliphatic carbocycles. The van der Waals surface area contributed by atoms with Gasteiger partial charge in [0.05, 0.1) is 6.61 Å². The van der Waals surface area contributed by atoms with Gasteiger partial charge in [-0.25, -0.2) is 9.37 Å². The first-order valence-corrected chi connectivity index (χ1v) is 15.7. The lowest BCUT2D eigenvalue weighted by molar-refractivity contribution is -0.215. The number of rotatable bonds is 10. The number of hydrogen-bond donors (Lipinski definition) is 0. The van der Waals surface area contributed by atoms with Crippen molar-refractivity contribution in [2.45, 2.75) is 102 Å². The molecule has 6 fully saturated rings. The summed E-state index contributed by atoms with van der Waals surface area (Å²) in [7, 11) is 0. The third kappa shape index (κ3) is 4.71. The van der Waals surface area contributed by atoms with E-state index in [1.54, 1.807) is 0 Å². The maximum Gasteiger partial charge on any atom is 0.229 e. The fourth-order valence-electron chi connectivity index (χ4n) is 8.28. The molecule has 7 nitrogen and oxygen atoms in total. The van der Waals surface area contributed by atoms with Gasteiger partial charge in [-0.1, -0.05) is 31.1 Å². The zero-order valence-corrected chi connectivity index (χ0v) is 25.0. The number of halogens is 1. The van der Waals surface area contributed by atoms with Crippen LogP contribution in [0.4, 0.5) is 10.1 Å². The van der Waals surface area contributed by atoms with Crippen LogP contribution in [0, 0.1) is 10.8 Å². The van der Waals surface area contributed by atoms with Crippen molar-refractivity contribution in [3.63, 3.8) is 0 Å². The fraction of sp³-hybridized carbons (Fsp3) is 0.588. The van der Waals surface area contributed by atoms with Crippen LogP contribution < -0.4 is 9.64 Å². The quantitative estimate of drug-likeness (QED) is 0.249. The molecule has 8 heteroatoms. The fourth-order valence-corrected chi connectivity index (χ4v) is 8.28. The number of anilines is 1. The highest BCUT2D eigenvalue weighted by Crippen LogP contribution is 2.71. The van der Waals surface area contributed by atoms with E-state index in [1.807, 2.05) is 42.3 Å². The maximum atomic E-state index is 14.4. The summed E-state index contributed by atoms with van der Waals surface area (Å²) < 4.78 is 25.5. The molecule has 2 heterocycles. The average Bonchev–Trinajstić information content (AvgIpc) is 3.48. The number of fused-ring (bicyclic) bond motifs is 3. The number of benzene rings is 1. The minimum Gasteiger partial charge on any atom is -0.478 e. The van der Waals surface area contributed by atoms with Gasteiger partial charge < -0.3 is 14.2 Å². The minimum atomic E-state index is -1.01. The summed E-state index contributed by atoms with van der Waals surface area (Å²) in [6, 6.07) is 12.1. The van der Waals surface area contributed by atoms with Crippen LogP contribution in [-0.4, -0.2) is 39.9 Å². The van der Waals surface area contributed by atoms with Crippen molar-refractivity contribution in [1.82, 2.24) is 15.1 Å². The number of carbonyl (C=O) groups is 1. The molecule has 6 saturated carbocycles. The molecule has 1 amide bonds. The van der Waals surface area contributed by atoms with Crippen molar-refractivity contribution in [3.8, 4) is 17.0 Å². The standard InChI is InChI=1S/C34H41FN4O3/c1-4-41-27-9-8-25(18-36-27)24-6-5-7-26(16-24)39(28(40)17-32-19-34(35,20-32)21-32)22-31-10-13-33(14-11-31,15-12-31)30-37-29(23(2)3)42-38-30/h5-9,16,18,23H,4,10-15,17,19-22H2,1-3H3. The molecular weight excluding hydrogens is 531 g/mol. The third-order valence-corrected chi connectivity index (χ3v) is 10.7. The van der Waals surface area contributed by atoms with Crippen LogP contribution in [0.25, 0.3) is 11.1 Å². The van der Waals surface area contributed by atoms with Crippen LogP contribution in [0.15, 0.2) is 47.1 Å². The Hall–Kier alpha value is -3.29. The van der Waals surface area contributed by atoms with E-state index >= 15 is 0 Å². The van der Waals surface area contributed by atoms with Crippen LogP contribution in [0.3, 0.4) is 0 Å². The molecule has 222 valence electrons. The molecule has 2 aromatic heterocycles. The summed E-state index contributed by atoms with van der Waals surface area (Å²) >= 11 is 0. The van der Waals surface area contributed by atoms with Gasteiger partial charge in [-0.15, -0.1) is 0 Å². The lowest BCUT2D eigenvalue weighted by Gasteiger charge is -2.66. The Kier molecular flexibility index (Phi) is 6.48. The van der Waals surface area contributed by atoms with E-state index in [2.05, 4.69) is 36.1 Å². The van der Waals surface area contributed by atoms with E-state index < -0.39 is 5.67 Å². The van der Waals surface area contributed by atoms with Crippen molar-refractivity contribution in [2.24, 2.45) is 10.8 Å². The number of nitrogens with zero attached hydrogens (tertiary/aromatic N) is 4. The Morgan fingerprint density at radius 2 is 1.76 bits per heavy atom. The number of ether oxygens (including phenoxy) is 1. The second-order valence-electron chi connectivity index (χ2n) is 14.1. The third-order valence-electron chi connectivity index (χ3n) is 10.7. The van der Waals surface area contributed by atoms with Gasteiger partial charge in [0, 0.05) is 47.8 Å². The van der Waals surface area contributed by atoms with Gasteiger partial charge >= 0.3 is 0 Å². The lowest BCUT2D eigenvalue weighted by atomic mass is 9.41. The SMILES string of the molecule is CCOc1ccc(-c2cccc(N(CC34CCC(c5noc(C(C)C)n5)(CC3)CC4)C(=O)CC34CC(F)(C3)C4)c2)cn1. The van der Waals surface area contributed by atoms with Crippen molar-refractivity contribution in [2.75, 3.05) is 18.1 Å². The van der Waals surface area contributed by atoms with E-state index in [0.29, 0.717) is 50.6 Å². The van der Waals surface area contributed by atoms with Gasteiger partial charge in [0.15, 0.2) is 5.82 Å². The van der Waals surface area contributed by atoms with Crippen molar-refractivity contribution in [1.29, 1.82) is 0 Å². The molecule has 0 aliphatic heterocycles. The molecule has 0 atom stereocenters. The summed E-state index contributed by atoms with van der Waals surface area (Å²) in [6.07, 6.45) is 9.98. The topological polar surface area (TPSA) is 81.4 Å². The first-order valence-electron chi connectivity index (χ1n) is 15.7. The van der Waals surface area contributed by atoms with Crippen LogP contribution in [0.2, 0.25) is 0 Å². The molecule has 1 aromatic carbocycles. The van der Waals surface area contributed by atoms with Crippen LogP contribution >= 0.6 is 0 Å². The highest BCUT2D eigenvalue weighted by atomic mass is 19.1. The molecular formula is C34H41FN4O3. The second-order valence-corrected chi connectivity index (χ2v) is 14.1. The molecule has 0 saturated heterocycles. The zero-order chi connectivity index (χ0) is 29.2. The molecule has 0 N–H and O–H groups in total. The first-order chi connectivity index (χ1) is 20.1. The van der Waals surface area contributed by atoms with E-state index in [-0.39, 0.29) is 28.1 Å². The van der Waals surface area contributed by atoms with Crippen molar-refractivity contribution < 1.29 is 18.4 Å². The number of aromatic nitrogens is 3. The highest BCUT2D eigenvalue weighted by molar-refractivity contribution is 5.95. The van der Waals surface area contributed by atoms with Crippen LogP contribution in [0.5, 0.6) is 5.88 Å². The van der Waals surface area contributed by atoms with Gasteiger partial charge in [0.1, 0.15) is 5.67 Å². The molecule has 0 radical (unpaired) electrons. The van der Waals surface area contributed by atoms with E-state index in [4.69, 9.17) is 14.2 Å². The Balaban J connectivity index is 1.13. The van der Waals surface area contributed by atoms with Gasteiger partial charge in [0.25, 0.3) is 0 Å². The average molecular weight is 573 g/mol. The van der Waals surface area contributed by atoms with E-state index in [9.17, 15) is 9.18 Å². The predicted molar refractivity (Wildman–Crippen MR) is 158 cm³/mol. The molecule has 0 unspecified atom stereocenters. The van der Waals surface area contributed by atoms with E-state index in [1.165, 1.54) is 0 Å². The molecule has 3 aromatic rings. The summed E-state index contributed by atoms with van der Waals surface area (Å²) in [6.45, 7) is 7.36. The minimum absolute atomic E-state index is 0.0188. The molecule has 0 spiro atoms. The van der Waals surface area contributed by atoms with Crippen LogP contribution in [0.1, 0.15) is 103 Å². The number of carbonyl (C=O) groups excluding carboxylic acids is 1. The maximum absolute atomic E-state index is 14.4. The Bertz CT molecular complexity index is 1440. The van der Waals surface area contributed by atoms with Gasteiger partial charge in [-0.3, -0.25) is 4.79 Å². The van der Waals surface area contributed by atoms with E-state index in [0.717, 1.165) is 61.2 Å². The van der Waals surface area contributed by atoms with Gasteiger partial charge in [0.2, 0.25) is 17.7 Å². The number of hydrogen-bond acceptors (Lipinski definition) is 6.